The fourth-order valence-electron chi connectivity index (χ4n) is 2.81. The van der Waals surface area contributed by atoms with Crippen LogP contribution in [0.25, 0.3) is 0 Å². The smallest absolute Gasteiger partial charge is 0.225 e. The van der Waals surface area contributed by atoms with Gasteiger partial charge in [-0.2, -0.15) is 0 Å². The summed E-state index contributed by atoms with van der Waals surface area (Å²) in [6.45, 7) is 4.10. The molecule has 1 atom stereocenters. The van der Waals surface area contributed by atoms with Gasteiger partial charge in [0.2, 0.25) is 5.91 Å². The highest BCUT2D eigenvalue weighted by molar-refractivity contribution is 6.31. The number of fused-ring (bicyclic) bond motifs is 1. The number of anilines is 1. The summed E-state index contributed by atoms with van der Waals surface area (Å²) in [5, 5.41) is 3.73. The Morgan fingerprint density at radius 3 is 2.60 bits per heavy atom. The molecule has 2 aromatic rings. The first kappa shape index (κ1) is 13.2. The number of amides is 1. The van der Waals surface area contributed by atoms with Crippen LogP contribution in [0.1, 0.15) is 34.6 Å². The van der Waals surface area contributed by atoms with Crippen molar-refractivity contribution in [2.24, 2.45) is 0 Å². The average Bonchev–Trinajstić information content (AvgIpc) is 2.43. The molecule has 1 aliphatic heterocycles. The van der Waals surface area contributed by atoms with Crippen LogP contribution in [0.5, 0.6) is 0 Å². The van der Waals surface area contributed by atoms with Crippen molar-refractivity contribution in [1.82, 2.24) is 0 Å². The van der Waals surface area contributed by atoms with Gasteiger partial charge in [0.05, 0.1) is 0 Å². The second-order valence-corrected chi connectivity index (χ2v) is 5.71. The second-order valence-electron chi connectivity index (χ2n) is 5.30. The lowest BCUT2D eigenvalue weighted by Crippen LogP contribution is -2.24. The summed E-state index contributed by atoms with van der Waals surface area (Å²) in [6.07, 6.45) is 0.444. The molecule has 20 heavy (non-hydrogen) atoms. The lowest BCUT2D eigenvalue weighted by molar-refractivity contribution is -0.116. The monoisotopic (exact) mass is 285 g/mol. The van der Waals surface area contributed by atoms with Gasteiger partial charge < -0.3 is 5.32 Å². The van der Waals surface area contributed by atoms with E-state index in [-0.39, 0.29) is 11.8 Å². The second kappa shape index (κ2) is 4.95. The molecule has 0 spiro atoms. The number of hydrogen-bond donors (Lipinski definition) is 1. The highest BCUT2D eigenvalue weighted by atomic mass is 35.5. The first-order valence-electron chi connectivity index (χ1n) is 6.72. The first-order valence-corrected chi connectivity index (χ1v) is 7.10. The van der Waals surface area contributed by atoms with Gasteiger partial charge in [0.15, 0.2) is 0 Å². The van der Waals surface area contributed by atoms with E-state index < -0.39 is 0 Å². The quantitative estimate of drug-likeness (QED) is 0.825. The van der Waals surface area contributed by atoms with Crippen LogP contribution in [-0.2, 0) is 4.79 Å². The van der Waals surface area contributed by atoms with Crippen LogP contribution in [0, 0.1) is 13.8 Å². The van der Waals surface area contributed by atoms with E-state index in [1.807, 2.05) is 31.2 Å². The SMILES string of the molecule is Cc1ccc2c(c1C)NC(=O)CC2c1ccccc1Cl. The van der Waals surface area contributed by atoms with Gasteiger partial charge in [0.1, 0.15) is 0 Å². The molecular formula is C17H16ClNO. The Balaban J connectivity index is 2.19. The van der Waals surface area contributed by atoms with E-state index in [0.717, 1.165) is 27.4 Å². The molecule has 0 saturated carbocycles. The predicted molar refractivity (Wildman–Crippen MR) is 82.5 cm³/mol. The maximum Gasteiger partial charge on any atom is 0.225 e. The van der Waals surface area contributed by atoms with E-state index in [9.17, 15) is 4.79 Å². The van der Waals surface area contributed by atoms with E-state index in [2.05, 4.69) is 24.4 Å². The summed E-state index contributed by atoms with van der Waals surface area (Å²) in [7, 11) is 0. The molecule has 0 saturated heterocycles. The molecule has 1 N–H and O–H groups in total. The summed E-state index contributed by atoms with van der Waals surface area (Å²) in [4.78, 5) is 12.0. The van der Waals surface area contributed by atoms with Crippen LogP contribution >= 0.6 is 11.6 Å². The minimum atomic E-state index is 0.0340. The molecule has 2 aromatic carbocycles. The molecular weight excluding hydrogens is 270 g/mol. The van der Waals surface area contributed by atoms with Crippen molar-refractivity contribution in [3.8, 4) is 0 Å². The van der Waals surface area contributed by atoms with Crippen molar-refractivity contribution in [1.29, 1.82) is 0 Å². The minimum absolute atomic E-state index is 0.0340. The zero-order chi connectivity index (χ0) is 14.3. The fraction of sp³-hybridized carbons (Fsp3) is 0.235. The zero-order valence-corrected chi connectivity index (χ0v) is 12.3. The van der Waals surface area contributed by atoms with Crippen molar-refractivity contribution < 1.29 is 4.79 Å². The van der Waals surface area contributed by atoms with Crippen LogP contribution in [0.15, 0.2) is 36.4 Å². The molecule has 1 heterocycles. The summed E-state index contributed by atoms with van der Waals surface area (Å²) < 4.78 is 0. The lowest BCUT2D eigenvalue weighted by Gasteiger charge is -2.28. The number of carbonyl (C=O) groups excluding carboxylic acids is 1. The fourth-order valence-corrected chi connectivity index (χ4v) is 3.08. The maximum absolute atomic E-state index is 12.0. The van der Waals surface area contributed by atoms with Crippen molar-refractivity contribution in [3.63, 3.8) is 0 Å². The highest BCUT2D eigenvalue weighted by Gasteiger charge is 2.28. The molecule has 1 amide bonds. The number of aryl methyl sites for hydroxylation is 1. The Kier molecular flexibility index (Phi) is 3.27. The van der Waals surface area contributed by atoms with E-state index in [1.165, 1.54) is 5.56 Å². The number of rotatable bonds is 1. The lowest BCUT2D eigenvalue weighted by atomic mass is 9.83. The molecule has 1 unspecified atom stereocenters. The molecule has 0 aliphatic carbocycles. The summed E-state index contributed by atoms with van der Waals surface area (Å²) in [6, 6.07) is 12.0. The third-order valence-corrected chi connectivity index (χ3v) is 4.42. The molecule has 0 fully saturated rings. The number of hydrogen-bond acceptors (Lipinski definition) is 1. The predicted octanol–water partition coefficient (Wildman–Crippen LogP) is 4.43. The zero-order valence-electron chi connectivity index (χ0n) is 11.5. The number of benzene rings is 2. The largest absolute Gasteiger partial charge is 0.326 e. The number of halogens is 1. The van der Waals surface area contributed by atoms with Crippen LogP contribution < -0.4 is 5.32 Å². The summed E-state index contributed by atoms with van der Waals surface area (Å²) in [5.41, 5.74) is 5.44. The molecule has 102 valence electrons. The molecule has 0 bridgehead atoms. The molecule has 2 nitrogen and oxygen atoms in total. The molecule has 0 aromatic heterocycles. The van der Waals surface area contributed by atoms with Crippen molar-refractivity contribution in [2.75, 3.05) is 5.32 Å². The molecule has 3 heteroatoms. The van der Waals surface area contributed by atoms with Gasteiger partial charge in [0.25, 0.3) is 0 Å². The van der Waals surface area contributed by atoms with Gasteiger partial charge >= 0.3 is 0 Å². The Morgan fingerprint density at radius 2 is 1.85 bits per heavy atom. The van der Waals surface area contributed by atoms with Crippen LogP contribution in [0.4, 0.5) is 5.69 Å². The van der Waals surface area contributed by atoms with Crippen LogP contribution in [0.3, 0.4) is 0 Å². The van der Waals surface area contributed by atoms with Crippen molar-refractivity contribution in [3.05, 3.63) is 63.7 Å². The Bertz CT molecular complexity index is 693. The molecule has 0 radical (unpaired) electrons. The van der Waals surface area contributed by atoms with Crippen molar-refractivity contribution in [2.45, 2.75) is 26.2 Å². The third kappa shape index (κ3) is 2.10. The van der Waals surface area contributed by atoms with Gasteiger partial charge in [-0.1, -0.05) is 41.9 Å². The molecule has 1 aliphatic rings. The van der Waals surface area contributed by atoms with Gasteiger partial charge in [-0.25, -0.2) is 0 Å². The summed E-state index contributed by atoms with van der Waals surface area (Å²) >= 11 is 6.31. The maximum atomic E-state index is 12.0. The van der Waals surface area contributed by atoms with Gasteiger partial charge in [-0.05, 0) is 42.2 Å². The number of carbonyl (C=O) groups is 1. The van der Waals surface area contributed by atoms with E-state index in [1.54, 1.807) is 0 Å². The van der Waals surface area contributed by atoms with E-state index in [4.69, 9.17) is 11.6 Å². The highest BCUT2D eigenvalue weighted by Crippen LogP contribution is 2.41. The Morgan fingerprint density at radius 1 is 1.10 bits per heavy atom. The topological polar surface area (TPSA) is 29.1 Å². The normalized spacial score (nSPS) is 17.6. The Hall–Kier alpha value is -1.80. The van der Waals surface area contributed by atoms with Crippen molar-refractivity contribution >= 4 is 23.2 Å². The van der Waals surface area contributed by atoms with Gasteiger partial charge in [0, 0.05) is 23.0 Å². The molecule has 3 rings (SSSR count). The van der Waals surface area contributed by atoms with Gasteiger partial charge in [-0.3, -0.25) is 4.79 Å². The number of nitrogens with one attached hydrogen (secondary N) is 1. The summed E-state index contributed by atoms with van der Waals surface area (Å²) in [5.74, 6) is 0.0860. The van der Waals surface area contributed by atoms with E-state index in [0.29, 0.717) is 6.42 Å². The standard InChI is InChI=1S/C17H16ClNO/c1-10-7-8-13-14(12-5-3-4-6-15(12)18)9-16(20)19-17(13)11(10)2/h3-8,14H,9H2,1-2H3,(H,19,20). The third-order valence-electron chi connectivity index (χ3n) is 4.08. The first-order chi connectivity index (χ1) is 9.58. The van der Waals surface area contributed by atoms with Gasteiger partial charge in [-0.15, -0.1) is 0 Å². The van der Waals surface area contributed by atoms with E-state index >= 15 is 0 Å². The Labute approximate surface area is 123 Å². The minimum Gasteiger partial charge on any atom is -0.326 e. The van der Waals surface area contributed by atoms with Crippen LogP contribution in [0.2, 0.25) is 5.02 Å². The average molecular weight is 286 g/mol. The van der Waals surface area contributed by atoms with Crippen LogP contribution in [-0.4, -0.2) is 5.91 Å².